The van der Waals surface area contributed by atoms with E-state index in [9.17, 15) is 14.0 Å². The summed E-state index contributed by atoms with van der Waals surface area (Å²) in [6.45, 7) is 1.77. The van der Waals surface area contributed by atoms with Gasteiger partial charge in [-0.25, -0.2) is 9.07 Å². The van der Waals surface area contributed by atoms with Gasteiger partial charge in [0.05, 0.1) is 24.0 Å². The quantitative estimate of drug-likeness (QED) is 0.447. The summed E-state index contributed by atoms with van der Waals surface area (Å²) in [6, 6.07) is 19.1. The van der Waals surface area contributed by atoms with Gasteiger partial charge in [-0.1, -0.05) is 36.4 Å². The average molecular weight is 451 g/mol. The van der Waals surface area contributed by atoms with E-state index in [-0.39, 0.29) is 35.6 Å². The van der Waals surface area contributed by atoms with E-state index >= 15 is 0 Å². The molecule has 0 radical (unpaired) electrons. The van der Waals surface area contributed by atoms with Crippen molar-refractivity contribution in [2.45, 2.75) is 13.0 Å². The van der Waals surface area contributed by atoms with Gasteiger partial charge in [0.15, 0.2) is 0 Å². The summed E-state index contributed by atoms with van der Waals surface area (Å²) in [7, 11) is 1.78. The number of nitrogens with one attached hydrogen (secondary N) is 2. The fourth-order valence-electron chi connectivity index (χ4n) is 3.58. The van der Waals surface area contributed by atoms with Crippen molar-refractivity contribution in [1.82, 2.24) is 14.7 Å². The highest BCUT2D eigenvalue weighted by molar-refractivity contribution is 7.10. The number of halogens is 1. The number of para-hydroxylation sites is 1. The molecule has 6 nitrogen and oxygen atoms in total. The first kappa shape index (κ1) is 21.7. The summed E-state index contributed by atoms with van der Waals surface area (Å²) in [6.07, 6.45) is 0. The topological polar surface area (TPSA) is 68.1 Å². The molecule has 32 heavy (non-hydrogen) atoms. The smallest absolute Gasteiger partial charge is 0.295 e. The van der Waals surface area contributed by atoms with Crippen LogP contribution in [0.3, 0.4) is 0 Å². The molecule has 8 heteroatoms. The van der Waals surface area contributed by atoms with E-state index in [4.69, 9.17) is 0 Å². The number of carbonyl (C=O) groups excluding carboxylic acids is 1. The first-order valence-electron chi connectivity index (χ1n) is 10.1. The van der Waals surface area contributed by atoms with Gasteiger partial charge in [-0.15, -0.1) is 11.3 Å². The van der Waals surface area contributed by atoms with Gasteiger partial charge >= 0.3 is 0 Å². The van der Waals surface area contributed by atoms with E-state index in [0.29, 0.717) is 5.69 Å². The molecule has 0 saturated heterocycles. The van der Waals surface area contributed by atoms with Crippen molar-refractivity contribution in [3.05, 3.63) is 104 Å². The molecule has 0 fully saturated rings. The standard InChI is InChI=1S/C24H23FN4O2S/c1-16-22(24(31)29(28(16)2)19-7-4-3-5-8-19)27-21(30)15-26-23(20-9-6-14-32-20)17-10-12-18(25)13-11-17/h3-14,23,26H,15H2,1-2H3,(H,27,30)/t23-/m1/s1. The number of rotatable bonds is 7. The normalized spacial score (nSPS) is 12.0. The van der Waals surface area contributed by atoms with E-state index in [1.54, 1.807) is 42.1 Å². The van der Waals surface area contributed by atoms with Crippen LogP contribution in [0.15, 0.2) is 76.9 Å². The predicted octanol–water partition coefficient (Wildman–Crippen LogP) is 4.00. The van der Waals surface area contributed by atoms with Gasteiger partial charge in [-0.05, 0) is 48.2 Å². The van der Waals surface area contributed by atoms with Gasteiger partial charge in [-0.2, -0.15) is 0 Å². The van der Waals surface area contributed by atoms with E-state index in [1.807, 2.05) is 47.8 Å². The average Bonchev–Trinajstić information content (AvgIpc) is 3.39. The Labute approximate surface area is 188 Å². The molecule has 4 rings (SSSR count). The third kappa shape index (κ3) is 4.42. The highest BCUT2D eigenvalue weighted by atomic mass is 32.1. The molecule has 164 valence electrons. The fourth-order valence-corrected chi connectivity index (χ4v) is 4.41. The Bertz CT molecular complexity index is 1260. The fraction of sp³-hybridized carbons (Fsp3) is 0.167. The molecular weight excluding hydrogens is 427 g/mol. The lowest BCUT2D eigenvalue weighted by molar-refractivity contribution is -0.115. The second kappa shape index (κ2) is 9.33. The van der Waals surface area contributed by atoms with Crippen molar-refractivity contribution < 1.29 is 9.18 Å². The third-order valence-electron chi connectivity index (χ3n) is 5.32. The zero-order chi connectivity index (χ0) is 22.7. The van der Waals surface area contributed by atoms with Gasteiger partial charge in [-0.3, -0.25) is 19.6 Å². The maximum Gasteiger partial charge on any atom is 0.295 e. The number of benzene rings is 2. The van der Waals surface area contributed by atoms with Crippen molar-refractivity contribution in [2.24, 2.45) is 7.05 Å². The molecule has 0 bridgehead atoms. The predicted molar refractivity (Wildman–Crippen MR) is 125 cm³/mol. The zero-order valence-electron chi connectivity index (χ0n) is 17.7. The lowest BCUT2D eigenvalue weighted by atomic mass is 10.1. The molecule has 0 aliphatic carbocycles. The first-order chi connectivity index (χ1) is 15.5. The van der Waals surface area contributed by atoms with E-state index < -0.39 is 0 Å². The number of nitrogens with zero attached hydrogens (tertiary/aromatic N) is 2. The SMILES string of the molecule is Cc1c(NC(=O)CN[C@H](c2ccc(F)cc2)c2cccs2)c(=O)n(-c2ccccc2)n1C. The van der Waals surface area contributed by atoms with Crippen molar-refractivity contribution in [3.63, 3.8) is 0 Å². The maximum atomic E-state index is 13.4. The Morgan fingerprint density at radius 1 is 1.06 bits per heavy atom. The summed E-state index contributed by atoms with van der Waals surface area (Å²) in [4.78, 5) is 26.8. The Kier molecular flexibility index (Phi) is 6.34. The molecule has 0 spiro atoms. The van der Waals surface area contributed by atoms with Crippen molar-refractivity contribution >= 4 is 22.9 Å². The number of aromatic nitrogens is 2. The van der Waals surface area contributed by atoms with Crippen molar-refractivity contribution in [3.8, 4) is 5.69 Å². The van der Waals surface area contributed by atoms with Crippen LogP contribution in [0.5, 0.6) is 0 Å². The molecule has 0 unspecified atom stereocenters. The zero-order valence-corrected chi connectivity index (χ0v) is 18.5. The van der Waals surface area contributed by atoms with Crippen molar-refractivity contribution in [1.29, 1.82) is 0 Å². The summed E-state index contributed by atoms with van der Waals surface area (Å²) in [5, 5.41) is 7.94. The number of carbonyl (C=O) groups is 1. The highest BCUT2D eigenvalue weighted by Crippen LogP contribution is 2.26. The highest BCUT2D eigenvalue weighted by Gasteiger charge is 2.20. The maximum absolute atomic E-state index is 13.4. The molecule has 2 N–H and O–H groups in total. The number of hydrogen-bond acceptors (Lipinski definition) is 4. The van der Waals surface area contributed by atoms with Crippen LogP contribution in [0.2, 0.25) is 0 Å². The van der Waals surface area contributed by atoms with Crippen LogP contribution >= 0.6 is 11.3 Å². The van der Waals surface area contributed by atoms with Crippen LogP contribution in [0.4, 0.5) is 10.1 Å². The Hall–Kier alpha value is -3.49. The molecule has 0 saturated carbocycles. The Balaban J connectivity index is 1.52. The van der Waals surface area contributed by atoms with E-state index in [1.165, 1.54) is 16.8 Å². The second-order valence-corrected chi connectivity index (χ2v) is 8.34. The molecular formula is C24H23FN4O2S. The monoisotopic (exact) mass is 450 g/mol. The first-order valence-corrected chi connectivity index (χ1v) is 11.0. The summed E-state index contributed by atoms with van der Waals surface area (Å²) >= 11 is 1.55. The molecule has 1 atom stereocenters. The number of thiophene rings is 1. The van der Waals surface area contributed by atoms with Crippen LogP contribution in [0.1, 0.15) is 22.2 Å². The van der Waals surface area contributed by atoms with Crippen molar-refractivity contribution in [2.75, 3.05) is 11.9 Å². The largest absolute Gasteiger partial charge is 0.319 e. The summed E-state index contributed by atoms with van der Waals surface area (Å²) in [5.41, 5.74) is 2.18. The molecule has 4 aromatic rings. The van der Waals surface area contributed by atoms with Crippen LogP contribution in [0.25, 0.3) is 5.69 Å². The number of anilines is 1. The lowest BCUT2D eigenvalue weighted by Gasteiger charge is -2.18. The van der Waals surface area contributed by atoms with Crippen LogP contribution in [-0.4, -0.2) is 21.8 Å². The molecule has 0 aliphatic rings. The minimum Gasteiger partial charge on any atom is -0.319 e. The number of hydrogen-bond donors (Lipinski definition) is 2. The summed E-state index contributed by atoms with van der Waals surface area (Å²) < 4.78 is 16.6. The second-order valence-electron chi connectivity index (χ2n) is 7.37. The summed E-state index contributed by atoms with van der Waals surface area (Å²) in [5.74, 6) is -0.648. The molecule has 2 heterocycles. The molecule has 1 amide bonds. The van der Waals surface area contributed by atoms with E-state index in [2.05, 4.69) is 10.6 Å². The molecule has 2 aromatic carbocycles. The van der Waals surface area contributed by atoms with Gasteiger partial charge in [0.1, 0.15) is 11.5 Å². The molecule has 2 aromatic heterocycles. The van der Waals surface area contributed by atoms with Gasteiger partial charge in [0, 0.05) is 11.9 Å². The van der Waals surface area contributed by atoms with Crippen LogP contribution in [0, 0.1) is 12.7 Å². The minimum absolute atomic E-state index is 0.0148. The Morgan fingerprint density at radius 2 is 1.78 bits per heavy atom. The third-order valence-corrected chi connectivity index (χ3v) is 6.25. The van der Waals surface area contributed by atoms with Gasteiger partial charge < -0.3 is 5.32 Å². The van der Waals surface area contributed by atoms with Crippen LogP contribution in [-0.2, 0) is 11.8 Å². The number of amides is 1. The van der Waals surface area contributed by atoms with Crippen LogP contribution < -0.4 is 16.2 Å². The Morgan fingerprint density at radius 3 is 2.44 bits per heavy atom. The lowest BCUT2D eigenvalue weighted by Crippen LogP contribution is -2.33. The van der Waals surface area contributed by atoms with E-state index in [0.717, 1.165) is 16.1 Å². The van der Waals surface area contributed by atoms with Gasteiger partial charge in [0.2, 0.25) is 5.91 Å². The minimum atomic E-state index is -0.334. The van der Waals surface area contributed by atoms with Gasteiger partial charge in [0.25, 0.3) is 5.56 Å². The molecule has 0 aliphatic heterocycles.